The normalized spacial score (nSPS) is 14.6. The largest absolute Gasteiger partial charge is 0.492 e. The van der Waals surface area contributed by atoms with Crippen molar-refractivity contribution in [3.05, 3.63) is 48.5 Å². The van der Waals surface area contributed by atoms with Gasteiger partial charge in [-0.25, -0.2) is 0 Å². The summed E-state index contributed by atoms with van der Waals surface area (Å²) in [6.07, 6.45) is 0.390. The highest BCUT2D eigenvalue weighted by Gasteiger charge is 2.14. The highest BCUT2D eigenvalue weighted by Crippen LogP contribution is 2.24. The molecule has 6 nitrogen and oxygen atoms in total. The van der Waals surface area contributed by atoms with Crippen LogP contribution in [0.15, 0.2) is 48.5 Å². The first kappa shape index (κ1) is 20.0. The molecule has 28 heavy (non-hydrogen) atoms. The van der Waals surface area contributed by atoms with Gasteiger partial charge in [0.15, 0.2) is 0 Å². The number of hydrogen-bond donors (Lipinski definition) is 2. The zero-order chi connectivity index (χ0) is 19.8. The zero-order valence-electron chi connectivity index (χ0n) is 16.8. The SMILES string of the molecule is CCOc1ccccc1NC(=O)CCNc1ccc(N2CCN(C)CC2)cc1. The van der Waals surface area contributed by atoms with Gasteiger partial charge in [0, 0.05) is 50.5 Å². The molecule has 1 saturated heterocycles. The van der Waals surface area contributed by atoms with E-state index in [0.29, 0.717) is 31.0 Å². The van der Waals surface area contributed by atoms with Crippen molar-refractivity contribution in [2.45, 2.75) is 13.3 Å². The minimum atomic E-state index is -0.0336. The monoisotopic (exact) mass is 382 g/mol. The molecule has 3 rings (SSSR count). The van der Waals surface area contributed by atoms with Gasteiger partial charge >= 0.3 is 0 Å². The van der Waals surface area contributed by atoms with Crippen LogP contribution in [0.5, 0.6) is 5.75 Å². The molecule has 1 heterocycles. The summed E-state index contributed by atoms with van der Waals surface area (Å²) in [5, 5.41) is 6.24. The Morgan fingerprint density at radius 3 is 2.46 bits per heavy atom. The fourth-order valence-corrected chi connectivity index (χ4v) is 3.24. The van der Waals surface area contributed by atoms with Gasteiger partial charge in [0.25, 0.3) is 0 Å². The topological polar surface area (TPSA) is 56.8 Å². The predicted octanol–water partition coefficient (Wildman–Crippen LogP) is 3.28. The third kappa shape index (κ3) is 5.63. The maximum atomic E-state index is 12.2. The fourth-order valence-electron chi connectivity index (χ4n) is 3.24. The molecule has 1 fully saturated rings. The number of ether oxygens (including phenoxy) is 1. The third-order valence-electron chi connectivity index (χ3n) is 4.88. The maximum Gasteiger partial charge on any atom is 0.226 e. The number of amides is 1. The molecule has 2 aromatic carbocycles. The number of nitrogens with zero attached hydrogens (tertiary/aromatic N) is 2. The van der Waals surface area contributed by atoms with Crippen molar-refractivity contribution in [1.82, 2.24) is 4.90 Å². The number of para-hydroxylation sites is 2. The van der Waals surface area contributed by atoms with Crippen molar-refractivity contribution in [3.8, 4) is 5.75 Å². The van der Waals surface area contributed by atoms with Crippen molar-refractivity contribution in [1.29, 1.82) is 0 Å². The second-order valence-corrected chi connectivity index (χ2v) is 6.99. The molecule has 0 spiro atoms. The number of rotatable bonds is 8. The number of likely N-dealkylation sites (N-methyl/N-ethyl adjacent to an activating group) is 1. The van der Waals surface area contributed by atoms with Gasteiger partial charge in [-0.2, -0.15) is 0 Å². The lowest BCUT2D eigenvalue weighted by atomic mass is 10.2. The average molecular weight is 383 g/mol. The van der Waals surface area contributed by atoms with Crippen LogP contribution in [0, 0.1) is 0 Å². The molecule has 0 radical (unpaired) electrons. The average Bonchev–Trinajstić information content (AvgIpc) is 2.71. The number of hydrogen-bond acceptors (Lipinski definition) is 5. The van der Waals surface area contributed by atoms with Crippen molar-refractivity contribution < 1.29 is 9.53 Å². The Balaban J connectivity index is 1.44. The van der Waals surface area contributed by atoms with Gasteiger partial charge in [0.2, 0.25) is 5.91 Å². The van der Waals surface area contributed by atoms with Gasteiger partial charge in [-0.3, -0.25) is 4.79 Å². The minimum absolute atomic E-state index is 0.0336. The highest BCUT2D eigenvalue weighted by atomic mass is 16.5. The molecule has 150 valence electrons. The zero-order valence-corrected chi connectivity index (χ0v) is 16.8. The Morgan fingerprint density at radius 1 is 1.04 bits per heavy atom. The van der Waals surface area contributed by atoms with E-state index in [2.05, 4.69) is 51.7 Å². The van der Waals surface area contributed by atoms with Crippen LogP contribution in [0.25, 0.3) is 0 Å². The molecule has 1 aliphatic rings. The second kappa shape index (κ2) is 9.99. The number of carbonyl (C=O) groups is 1. The van der Waals surface area contributed by atoms with E-state index in [9.17, 15) is 4.79 Å². The second-order valence-electron chi connectivity index (χ2n) is 6.99. The highest BCUT2D eigenvalue weighted by molar-refractivity contribution is 5.92. The Kier molecular flexibility index (Phi) is 7.14. The van der Waals surface area contributed by atoms with E-state index in [-0.39, 0.29) is 5.91 Å². The van der Waals surface area contributed by atoms with E-state index in [0.717, 1.165) is 31.9 Å². The fraction of sp³-hybridized carbons (Fsp3) is 0.409. The number of benzene rings is 2. The van der Waals surface area contributed by atoms with Crippen molar-refractivity contribution >= 4 is 23.0 Å². The molecule has 0 bridgehead atoms. The van der Waals surface area contributed by atoms with E-state index in [4.69, 9.17) is 4.74 Å². The lowest BCUT2D eigenvalue weighted by Crippen LogP contribution is -2.44. The van der Waals surface area contributed by atoms with Gasteiger partial charge < -0.3 is 25.2 Å². The molecular formula is C22H30N4O2. The number of anilines is 3. The van der Waals surface area contributed by atoms with Crippen molar-refractivity contribution in [3.63, 3.8) is 0 Å². The van der Waals surface area contributed by atoms with Gasteiger partial charge in [-0.1, -0.05) is 12.1 Å². The first-order valence-corrected chi connectivity index (χ1v) is 9.95. The van der Waals surface area contributed by atoms with Crippen LogP contribution in [0.1, 0.15) is 13.3 Å². The summed E-state index contributed by atoms with van der Waals surface area (Å²) in [6.45, 7) is 7.40. The number of nitrogens with one attached hydrogen (secondary N) is 2. The molecule has 0 unspecified atom stereocenters. The molecule has 1 aliphatic heterocycles. The lowest BCUT2D eigenvalue weighted by Gasteiger charge is -2.34. The van der Waals surface area contributed by atoms with E-state index in [1.807, 2.05) is 31.2 Å². The maximum absolute atomic E-state index is 12.2. The Hall–Kier alpha value is -2.73. The summed E-state index contributed by atoms with van der Waals surface area (Å²) in [6, 6.07) is 15.9. The summed E-state index contributed by atoms with van der Waals surface area (Å²) in [5.74, 6) is 0.666. The summed E-state index contributed by atoms with van der Waals surface area (Å²) in [5.41, 5.74) is 3.00. The molecule has 6 heteroatoms. The van der Waals surface area contributed by atoms with Crippen LogP contribution in [0.3, 0.4) is 0 Å². The van der Waals surface area contributed by atoms with Crippen LogP contribution in [-0.2, 0) is 4.79 Å². The first-order valence-electron chi connectivity index (χ1n) is 9.95. The molecule has 0 aliphatic carbocycles. The lowest BCUT2D eigenvalue weighted by molar-refractivity contribution is -0.116. The van der Waals surface area contributed by atoms with Gasteiger partial charge in [-0.05, 0) is 50.4 Å². The Bertz CT molecular complexity index is 755. The van der Waals surface area contributed by atoms with E-state index in [1.165, 1.54) is 5.69 Å². The first-order chi connectivity index (χ1) is 13.7. The molecule has 2 N–H and O–H groups in total. The van der Waals surface area contributed by atoms with Crippen LogP contribution < -0.4 is 20.3 Å². The Labute approximate surface area is 167 Å². The number of carbonyl (C=O) groups excluding carboxylic acids is 1. The minimum Gasteiger partial charge on any atom is -0.492 e. The van der Waals surface area contributed by atoms with Crippen LogP contribution in [-0.4, -0.2) is 57.2 Å². The van der Waals surface area contributed by atoms with Gasteiger partial charge in [-0.15, -0.1) is 0 Å². The van der Waals surface area contributed by atoms with E-state index >= 15 is 0 Å². The van der Waals surface area contributed by atoms with Crippen LogP contribution in [0.4, 0.5) is 17.1 Å². The molecule has 2 aromatic rings. The van der Waals surface area contributed by atoms with Crippen molar-refractivity contribution in [2.75, 3.05) is 61.9 Å². The smallest absolute Gasteiger partial charge is 0.226 e. The summed E-state index contributed by atoms with van der Waals surface area (Å²) in [4.78, 5) is 17.0. The third-order valence-corrected chi connectivity index (χ3v) is 4.88. The van der Waals surface area contributed by atoms with Crippen molar-refractivity contribution in [2.24, 2.45) is 0 Å². The van der Waals surface area contributed by atoms with Crippen LogP contribution >= 0.6 is 0 Å². The molecule has 0 aromatic heterocycles. The molecule has 0 saturated carbocycles. The molecule has 0 atom stereocenters. The van der Waals surface area contributed by atoms with Gasteiger partial charge in [0.05, 0.1) is 12.3 Å². The summed E-state index contributed by atoms with van der Waals surface area (Å²) >= 11 is 0. The summed E-state index contributed by atoms with van der Waals surface area (Å²) < 4.78 is 5.54. The standard InChI is InChI=1S/C22H30N4O2/c1-3-28-21-7-5-4-6-20(21)24-22(27)12-13-23-18-8-10-19(11-9-18)26-16-14-25(2)15-17-26/h4-11,23H,3,12-17H2,1-2H3,(H,24,27). The van der Waals surface area contributed by atoms with E-state index in [1.54, 1.807) is 0 Å². The van der Waals surface area contributed by atoms with Gasteiger partial charge in [0.1, 0.15) is 5.75 Å². The number of piperazine rings is 1. The Morgan fingerprint density at radius 2 is 1.75 bits per heavy atom. The molecule has 1 amide bonds. The molecular weight excluding hydrogens is 352 g/mol. The quantitative estimate of drug-likeness (QED) is 0.734. The predicted molar refractivity (Wildman–Crippen MR) is 115 cm³/mol. The summed E-state index contributed by atoms with van der Waals surface area (Å²) in [7, 11) is 2.16. The van der Waals surface area contributed by atoms with Crippen LogP contribution in [0.2, 0.25) is 0 Å². The van der Waals surface area contributed by atoms with E-state index < -0.39 is 0 Å².